The first kappa shape index (κ1) is 29.6. The van der Waals surface area contributed by atoms with E-state index in [9.17, 15) is 18.1 Å². The van der Waals surface area contributed by atoms with E-state index >= 15 is 0 Å². The minimum Gasteiger partial charge on any atom is -0.504 e. The lowest BCUT2D eigenvalue weighted by molar-refractivity contribution is 0.0749. The van der Waals surface area contributed by atoms with Crippen LogP contribution >= 0.6 is 0 Å². The summed E-state index contributed by atoms with van der Waals surface area (Å²) in [4.78, 5) is -0.305. The predicted octanol–water partition coefficient (Wildman–Crippen LogP) is 6.84. The van der Waals surface area contributed by atoms with Crippen molar-refractivity contribution in [2.24, 2.45) is 22.2 Å². The predicted molar refractivity (Wildman–Crippen MR) is 134 cm³/mol. The fourth-order valence-corrected chi connectivity index (χ4v) is 7.41. The van der Waals surface area contributed by atoms with Crippen LogP contribution in [-0.4, -0.2) is 32.3 Å². The first-order valence-corrected chi connectivity index (χ1v) is 13.2. The fourth-order valence-electron chi connectivity index (χ4n) is 6.48. The average molecular weight is 487 g/mol. The minimum atomic E-state index is -4.71. The van der Waals surface area contributed by atoms with Gasteiger partial charge in [0.15, 0.2) is 11.5 Å². The van der Waals surface area contributed by atoms with Crippen molar-refractivity contribution in [1.82, 2.24) is 0 Å². The molecule has 0 spiro atoms. The van der Waals surface area contributed by atoms with Crippen molar-refractivity contribution in [1.29, 1.82) is 0 Å². The molecule has 1 aromatic carbocycles. The van der Waals surface area contributed by atoms with Crippen molar-refractivity contribution in [2.45, 2.75) is 99.3 Å². The Morgan fingerprint density at radius 2 is 1.39 bits per heavy atom. The van der Waals surface area contributed by atoms with Crippen LogP contribution in [0.3, 0.4) is 0 Å². The highest BCUT2D eigenvalue weighted by atomic mass is 32.2. The van der Waals surface area contributed by atoms with Gasteiger partial charge in [0.1, 0.15) is 10.6 Å². The number of hydrogen-bond donors (Lipinski definition) is 2. The van der Waals surface area contributed by atoms with E-state index < -0.39 is 20.9 Å². The van der Waals surface area contributed by atoms with Crippen molar-refractivity contribution in [3.8, 4) is 17.2 Å². The summed E-state index contributed by atoms with van der Waals surface area (Å²) < 4.78 is 47.4. The molecule has 0 amide bonds. The van der Waals surface area contributed by atoms with Crippen LogP contribution in [0.25, 0.3) is 0 Å². The topological polar surface area (TPSA) is 93.1 Å². The van der Waals surface area contributed by atoms with Crippen LogP contribution in [0, 0.1) is 22.2 Å². The molecule has 0 bridgehead atoms. The van der Waals surface area contributed by atoms with Gasteiger partial charge in [-0.05, 0) is 47.3 Å². The number of hydrogen-bond acceptors (Lipinski definition) is 5. The summed E-state index contributed by atoms with van der Waals surface area (Å²) in [5.41, 5.74) is -0.294. The highest BCUT2D eigenvalue weighted by Gasteiger charge is 2.48. The van der Waals surface area contributed by atoms with Crippen molar-refractivity contribution in [3.05, 3.63) is 11.1 Å². The van der Waals surface area contributed by atoms with E-state index in [0.29, 0.717) is 17.9 Å². The van der Waals surface area contributed by atoms with Gasteiger partial charge in [-0.1, -0.05) is 69.2 Å². The third-order valence-electron chi connectivity index (χ3n) is 6.26. The molecule has 0 aliphatic heterocycles. The van der Waals surface area contributed by atoms with Crippen molar-refractivity contribution in [3.63, 3.8) is 0 Å². The molecule has 33 heavy (non-hydrogen) atoms. The molecule has 0 heterocycles. The maximum atomic E-state index is 12.9. The second-order valence-corrected chi connectivity index (χ2v) is 13.6. The van der Waals surface area contributed by atoms with Crippen LogP contribution in [0.5, 0.6) is 17.2 Å². The Labute approximate surface area is 201 Å². The van der Waals surface area contributed by atoms with E-state index in [2.05, 4.69) is 62.3 Å². The number of ether oxygens (including phenoxy) is 2. The van der Waals surface area contributed by atoms with Gasteiger partial charge < -0.3 is 14.6 Å². The zero-order chi connectivity index (χ0) is 26.2. The van der Waals surface area contributed by atoms with E-state index in [1.165, 1.54) is 14.2 Å². The first-order valence-electron chi connectivity index (χ1n) is 11.7. The second kappa shape index (κ2) is 10.0. The molecule has 2 N–H and O–H groups in total. The van der Waals surface area contributed by atoms with Gasteiger partial charge in [-0.25, -0.2) is 0 Å². The molecule has 192 valence electrons. The van der Waals surface area contributed by atoms with E-state index in [4.69, 9.17) is 9.47 Å². The molecular weight excluding hydrogens is 440 g/mol. The molecule has 0 aromatic heterocycles. The minimum absolute atomic E-state index is 0.0230. The van der Waals surface area contributed by atoms with Gasteiger partial charge in [-0.15, -0.1) is 0 Å². The number of phenolic OH excluding ortho intramolecular Hbond substituents is 1. The third-order valence-corrected chi connectivity index (χ3v) is 7.18. The Kier molecular flexibility index (Phi) is 8.98. The number of methoxy groups -OCH3 is 2. The lowest BCUT2D eigenvalue weighted by atomic mass is 9.56. The van der Waals surface area contributed by atoms with Crippen molar-refractivity contribution in [2.75, 3.05) is 14.2 Å². The molecule has 6 nitrogen and oxygen atoms in total. The zero-order valence-corrected chi connectivity index (χ0v) is 23.5. The first-order chi connectivity index (χ1) is 14.7. The molecule has 0 radical (unpaired) electrons. The Morgan fingerprint density at radius 3 is 1.73 bits per heavy atom. The van der Waals surface area contributed by atoms with E-state index in [1.54, 1.807) is 6.92 Å². The summed E-state index contributed by atoms with van der Waals surface area (Å²) in [5.74, 6) is -0.117. The largest absolute Gasteiger partial charge is 0.504 e. The van der Waals surface area contributed by atoms with Gasteiger partial charge >= 0.3 is 0 Å². The van der Waals surface area contributed by atoms with Gasteiger partial charge in [0.25, 0.3) is 10.1 Å². The zero-order valence-electron chi connectivity index (χ0n) is 22.7. The van der Waals surface area contributed by atoms with Crippen LogP contribution in [0.1, 0.15) is 99.1 Å². The van der Waals surface area contributed by atoms with Gasteiger partial charge in [0.2, 0.25) is 0 Å². The number of benzene rings is 1. The summed E-state index contributed by atoms with van der Waals surface area (Å²) in [5, 5.41) is 11.2. The summed E-state index contributed by atoms with van der Waals surface area (Å²) in [6.45, 7) is 21.0. The standard InChI is InChI=1S/C26H46O6S/c1-13-17-19(27)21(32-12)18(22(20(17)31-11)33(28,29)30)23(25(7,8)14-16(2)3)26(9,10)15-24(4,5)6/h16,23,27H,13-15H2,1-12H3,(H,28,29,30). The van der Waals surface area contributed by atoms with Crippen LogP contribution in [0.4, 0.5) is 0 Å². The molecule has 0 fully saturated rings. The Bertz CT molecular complexity index is 937. The Balaban J connectivity index is 4.36. The number of rotatable bonds is 10. The fraction of sp³-hybridized carbons (Fsp3) is 0.769. The summed E-state index contributed by atoms with van der Waals surface area (Å²) in [6, 6.07) is 0. The molecule has 0 saturated carbocycles. The molecule has 7 heteroatoms. The van der Waals surface area contributed by atoms with Crippen LogP contribution in [0.2, 0.25) is 0 Å². The highest BCUT2D eigenvalue weighted by Crippen LogP contribution is 2.60. The normalized spacial score (nSPS) is 14.5. The summed E-state index contributed by atoms with van der Waals surface area (Å²) in [6.07, 6.45) is 1.89. The maximum Gasteiger partial charge on any atom is 0.298 e. The van der Waals surface area contributed by atoms with E-state index in [0.717, 1.165) is 12.8 Å². The van der Waals surface area contributed by atoms with Gasteiger partial charge in [-0.3, -0.25) is 4.55 Å². The average Bonchev–Trinajstić information content (AvgIpc) is 2.56. The molecule has 0 aliphatic carbocycles. The van der Waals surface area contributed by atoms with E-state index in [-0.39, 0.29) is 39.0 Å². The maximum absolute atomic E-state index is 12.9. The quantitative estimate of drug-likeness (QED) is 0.352. The van der Waals surface area contributed by atoms with Crippen LogP contribution < -0.4 is 9.47 Å². The molecule has 0 aliphatic rings. The van der Waals surface area contributed by atoms with Gasteiger partial charge in [0, 0.05) is 11.1 Å². The summed E-state index contributed by atoms with van der Waals surface area (Å²) >= 11 is 0. The van der Waals surface area contributed by atoms with Crippen molar-refractivity contribution >= 4 is 10.1 Å². The third kappa shape index (κ3) is 6.56. The molecule has 1 unspecified atom stereocenters. The van der Waals surface area contributed by atoms with Gasteiger partial charge in [-0.2, -0.15) is 8.42 Å². The number of aromatic hydroxyl groups is 1. The molecular formula is C26H46O6S. The second-order valence-electron chi connectivity index (χ2n) is 12.2. The SMILES string of the molecule is CCc1c(O)c(OC)c(C(C(C)(C)CC(C)C)C(C)(C)CC(C)(C)C)c(S(=O)(=O)O)c1OC. The highest BCUT2D eigenvalue weighted by molar-refractivity contribution is 7.86. The monoisotopic (exact) mass is 486 g/mol. The smallest absolute Gasteiger partial charge is 0.298 e. The van der Waals surface area contributed by atoms with E-state index in [1.807, 2.05) is 0 Å². The molecule has 1 atom stereocenters. The lowest BCUT2D eigenvalue weighted by Crippen LogP contribution is -2.39. The van der Waals surface area contributed by atoms with Crippen molar-refractivity contribution < 1.29 is 27.6 Å². The Hall–Kier alpha value is -1.47. The number of phenols is 1. The summed E-state index contributed by atoms with van der Waals surface area (Å²) in [7, 11) is -1.94. The Morgan fingerprint density at radius 1 is 0.909 bits per heavy atom. The molecule has 1 rings (SSSR count). The molecule has 0 saturated heterocycles. The molecule has 1 aromatic rings. The van der Waals surface area contributed by atoms with Gasteiger partial charge in [0.05, 0.1) is 14.2 Å². The van der Waals surface area contributed by atoms with Crippen LogP contribution in [0.15, 0.2) is 4.90 Å². The van der Waals surface area contributed by atoms with Crippen LogP contribution in [-0.2, 0) is 16.5 Å². The lowest BCUT2D eigenvalue weighted by Gasteiger charge is -2.49.